The summed E-state index contributed by atoms with van der Waals surface area (Å²) >= 11 is 0. The minimum Gasteiger partial charge on any atom is -0.452 e. The van der Waals surface area contributed by atoms with Gasteiger partial charge in [-0.25, -0.2) is 4.79 Å². The number of rotatable bonds is 8. The first-order chi connectivity index (χ1) is 15.0. The van der Waals surface area contributed by atoms with Crippen LogP contribution >= 0.6 is 0 Å². The largest absolute Gasteiger partial charge is 0.452 e. The second-order valence-electron chi connectivity index (χ2n) is 8.08. The summed E-state index contributed by atoms with van der Waals surface area (Å²) in [5.41, 5.74) is 1.41. The maximum absolute atomic E-state index is 12.9. The molecule has 0 bridgehead atoms. The van der Waals surface area contributed by atoms with Crippen LogP contribution in [0.3, 0.4) is 0 Å². The van der Waals surface area contributed by atoms with Gasteiger partial charge in [0.2, 0.25) is 0 Å². The van der Waals surface area contributed by atoms with Gasteiger partial charge in [0.25, 0.3) is 11.8 Å². The van der Waals surface area contributed by atoms with Crippen molar-refractivity contribution < 1.29 is 19.1 Å². The molecule has 1 N–H and O–H groups in total. The van der Waals surface area contributed by atoms with Gasteiger partial charge in [-0.2, -0.15) is 0 Å². The number of hydrogen-bond acceptors (Lipinski definition) is 4. The van der Waals surface area contributed by atoms with Crippen molar-refractivity contribution in [2.45, 2.75) is 38.6 Å². The molecule has 6 heteroatoms. The van der Waals surface area contributed by atoms with E-state index in [0.717, 1.165) is 18.4 Å². The van der Waals surface area contributed by atoms with E-state index in [1.807, 2.05) is 30.3 Å². The average molecular weight is 423 g/mol. The molecular weight excluding hydrogens is 392 g/mol. The number of carbonyl (C=O) groups is 3. The van der Waals surface area contributed by atoms with Crippen LogP contribution in [-0.4, -0.2) is 42.9 Å². The number of ether oxygens (including phenoxy) is 1. The molecule has 2 aromatic rings. The van der Waals surface area contributed by atoms with E-state index in [9.17, 15) is 14.4 Å². The van der Waals surface area contributed by atoms with E-state index in [0.29, 0.717) is 19.0 Å². The van der Waals surface area contributed by atoms with Gasteiger partial charge in [-0.1, -0.05) is 61.7 Å². The van der Waals surface area contributed by atoms with Crippen molar-refractivity contribution in [1.82, 2.24) is 10.2 Å². The molecule has 1 aliphatic rings. The van der Waals surface area contributed by atoms with Crippen molar-refractivity contribution in [3.8, 4) is 0 Å². The number of nitrogens with one attached hydrogen (secondary N) is 1. The van der Waals surface area contributed by atoms with Crippen LogP contribution < -0.4 is 5.32 Å². The Bertz CT molecular complexity index is 891. The van der Waals surface area contributed by atoms with Crippen LogP contribution in [0.25, 0.3) is 0 Å². The Kier molecular flexibility index (Phi) is 8.21. The number of carbonyl (C=O) groups excluding carboxylic acids is 3. The Labute approximate surface area is 183 Å². The maximum atomic E-state index is 12.9. The molecule has 0 atom stereocenters. The van der Waals surface area contributed by atoms with Gasteiger partial charge < -0.3 is 15.0 Å². The number of nitrogens with zero attached hydrogens (tertiary/aromatic N) is 1. The highest BCUT2D eigenvalue weighted by molar-refractivity contribution is 6.05. The fraction of sp³-hybridized carbons (Fsp3) is 0.400. The van der Waals surface area contributed by atoms with Crippen molar-refractivity contribution in [3.05, 3.63) is 71.3 Å². The van der Waals surface area contributed by atoms with Crippen LogP contribution in [0.4, 0.5) is 0 Å². The first kappa shape index (κ1) is 22.5. The summed E-state index contributed by atoms with van der Waals surface area (Å²) in [4.78, 5) is 39.2. The van der Waals surface area contributed by atoms with Crippen molar-refractivity contribution in [3.63, 3.8) is 0 Å². The maximum Gasteiger partial charge on any atom is 0.339 e. The number of esters is 1. The van der Waals surface area contributed by atoms with Crippen molar-refractivity contribution in [1.29, 1.82) is 0 Å². The quantitative estimate of drug-likeness (QED) is 0.657. The summed E-state index contributed by atoms with van der Waals surface area (Å²) in [6.45, 7) is 0.691. The van der Waals surface area contributed by atoms with E-state index < -0.39 is 5.97 Å². The molecule has 0 unspecified atom stereocenters. The van der Waals surface area contributed by atoms with Crippen LogP contribution in [-0.2, 0) is 16.1 Å². The van der Waals surface area contributed by atoms with Gasteiger partial charge in [-0.15, -0.1) is 0 Å². The third kappa shape index (κ3) is 6.67. The Morgan fingerprint density at radius 1 is 0.935 bits per heavy atom. The molecule has 3 rings (SSSR count). The monoisotopic (exact) mass is 422 g/mol. The first-order valence-corrected chi connectivity index (χ1v) is 10.9. The molecule has 0 heterocycles. The van der Waals surface area contributed by atoms with E-state index in [2.05, 4.69) is 5.32 Å². The third-order valence-corrected chi connectivity index (χ3v) is 5.63. The fourth-order valence-corrected chi connectivity index (χ4v) is 3.89. The molecule has 0 aliphatic heterocycles. The van der Waals surface area contributed by atoms with Crippen LogP contribution in [0.2, 0.25) is 0 Å². The lowest BCUT2D eigenvalue weighted by Crippen LogP contribution is -2.34. The summed E-state index contributed by atoms with van der Waals surface area (Å²) in [7, 11) is 1.69. The van der Waals surface area contributed by atoms with Crippen LogP contribution in [0.1, 0.15) is 58.4 Å². The molecule has 164 valence electrons. The predicted octanol–water partition coefficient (Wildman–Crippen LogP) is 3.81. The van der Waals surface area contributed by atoms with Gasteiger partial charge in [-0.3, -0.25) is 9.59 Å². The van der Waals surface area contributed by atoms with Gasteiger partial charge >= 0.3 is 5.97 Å². The number of amides is 2. The SMILES string of the molecule is CN(Cc1ccccc1)C(=O)c1ccccc1C(=O)OCC(=O)NCC1CCCCC1. The highest BCUT2D eigenvalue weighted by Gasteiger charge is 2.21. The van der Waals surface area contributed by atoms with Gasteiger partial charge in [0, 0.05) is 20.1 Å². The lowest BCUT2D eigenvalue weighted by molar-refractivity contribution is -0.124. The van der Waals surface area contributed by atoms with E-state index in [1.165, 1.54) is 19.3 Å². The van der Waals surface area contributed by atoms with Gasteiger partial charge in [0.15, 0.2) is 6.61 Å². The molecule has 1 aliphatic carbocycles. The molecule has 0 spiro atoms. The summed E-state index contributed by atoms with van der Waals surface area (Å²) in [6, 6.07) is 16.2. The second kappa shape index (κ2) is 11.3. The minimum absolute atomic E-state index is 0.160. The molecule has 2 amide bonds. The third-order valence-electron chi connectivity index (χ3n) is 5.63. The van der Waals surface area contributed by atoms with Gasteiger partial charge in [0.05, 0.1) is 11.1 Å². The highest BCUT2D eigenvalue weighted by Crippen LogP contribution is 2.22. The van der Waals surface area contributed by atoms with E-state index in [1.54, 1.807) is 36.2 Å². The standard InChI is InChI=1S/C25H30N2O4/c1-27(17-20-12-6-3-7-13-20)24(29)21-14-8-9-15-22(21)25(30)31-18-23(28)26-16-19-10-4-2-5-11-19/h3,6-9,12-15,19H,2,4-5,10-11,16-18H2,1H3,(H,26,28). The van der Waals surface area contributed by atoms with Crippen molar-refractivity contribution in [2.75, 3.05) is 20.2 Å². The molecule has 0 radical (unpaired) electrons. The molecule has 31 heavy (non-hydrogen) atoms. The van der Waals surface area contributed by atoms with Crippen LogP contribution in [0.5, 0.6) is 0 Å². The molecule has 6 nitrogen and oxygen atoms in total. The Balaban J connectivity index is 1.55. The van der Waals surface area contributed by atoms with Gasteiger partial charge in [0.1, 0.15) is 0 Å². The molecule has 0 saturated heterocycles. The zero-order valence-corrected chi connectivity index (χ0v) is 18.0. The Morgan fingerprint density at radius 2 is 1.58 bits per heavy atom. The predicted molar refractivity (Wildman–Crippen MR) is 119 cm³/mol. The summed E-state index contributed by atoms with van der Waals surface area (Å²) < 4.78 is 5.20. The normalized spacial score (nSPS) is 14.0. The van der Waals surface area contributed by atoms with Gasteiger partial charge in [-0.05, 0) is 36.5 Å². The highest BCUT2D eigenvalue weighted by atomic mass is 16.5. The fourth-order valence-electron chi connectivity index (χ4n) is 3.89. The summed E-state index contributed by atoms with van der Waals surface area (Å²) in [6.07, 6.45) is 5.94. The number of hydrogen-bond donors (Lipinski definition) is 1. The minimum atomic E-state index is -0.676. The molecule has 1 fully saturated rings. The number of benzene rings is 2. The topological polar surface area (TPSA) is 75.7 Å². The zero-order valence-electron chi connectivity index (χ0n) is 18.0. The van der Waals surface area contributed by atoms with E-state index in [-0.39, 0.29) is 29.5 Å². The first-order valence-electron chi connectivity index (χ1n) is 10.9. The summed E-state index contributed by atoms with van der Waals surface area (Å²) in [5, 5.41) is 2.85. The smallest absolute Gasteiger partial charge is 0.339 e. The van der Waals surface area contributed by atoms with Crippen molar-refractivity contribution >= 4 is 17.8 Å². The molecular formula is C25H30N2O4. The lowest BCUT2D eigenvalue weighted by atomic mass is 9.89. The average Bonchev–Trinajstić information content (AvgIpc) is 2.82. The van der Waals surface area contributed by atoms with Crippen LogP contribution in [0.15, 0.2) is 54.6 Å². The van der Waals surface area contributed by atoms with E-state index >= 15 is 0 Å². The molecule has 1 saturated carbocycles. The van der Waals surface area contributed by atoms with Crippen molar-refractivity contribution in [2.24, 2.45) is 5.92 Å². The molecule has 2 aromatic carbocycles. The lowest BCUT2D eigenvalue weighted by Gasteiger charge is -2.21. The van der Waals surface area contributed by atoms with Crippen LogP contribution in [0, 0.1) is 5.92 Å². The Morgan fingerprint density at radius 3 is 2.29 bits per heavy atom. The molecule has 0 aromatic heterocycles. The van der Waals surface area contributed by atoms with E-state index in [4.69, 9.17) is 4.74 Å². The summed E-state index contributed by atoms with van der Waals surface area (Å²) in [5.74, 6) is -0.765. The Hall–Kier alpha value is -3.15. The zero-order chi connectivity index (χ0) is 22.1. The second-order valence-corrected chi connectivity index (χ2v) is 8.08.